The summed E-state index contributed by atoms with van der Waals surface area (Å²) >= 11 is 0. The van der Waals surface area contributed by atoms with Crippen LogP contribution in [0.5, 0.6) is 0 Å². The molecule has 1 aromatic heterocycles. The lowest BCUT2D eigenvalue weighted by Gasteiger charge is -2.30. The summed E-state index contributed by atoms with van der Waals surface area (Å²) in [5, 5.41) is 7.03. The number of anilines is 1. The number of carbonyl (C=O) groups is 1. The van der Waals surface area contributed by atoms with Gasteiger partial charge in [0.1, 0.15) is 6.42 Å². The Hall–Kier alpha value is -3.21. The van der Waals surface area contributed by atoms with Gasteiger partial charge in [-0.1, -0.05) is 72.5 Å². The first-order chi connectivity index (χ1) is 16.0. The summed E-state index contributed by atoms with van der Waals surface area (Å²) in [5.74, 6) is 0.567. The summed E-state index contributed by atoms with van der Waals surface area (Å²) in [6, 6.07) is 17.1. The highest BCUT2D eigenvalue weighted by Gasteiger charge is 2.23. The van der Waals surface area contributed by atoms with Crippen molar-refractivity contribution in [2.24, 2.45) is 0 Å². The van der Waals surface area contributed by atoms with E-state index in [1.54, 1.807) is 0 Å². The molecule has 172 valence electrons. The quantitative estimate of drug-likeness (QED) is 0.328. The first-order valence-electron chi connectivity index (χ1n) is 12.1. The van der Waals surface area contributed by atoms with E-state index >= 15 is 0 Å². The van der Waals surface area contributed by atoms with Crippen molar-refractivity contribution in [1.29, 1.82) is 0 Å². The van der Waals surface area contributed by atoms with Crippen LogP contribution >= 0.6 is 0 Å². The summed E-state index contributed by atoms with van der Waals surface area (Å²) in [7, 11) is 0. The van der Waals surface area contributed by atoms with Crippen LogP contribution in [0.25, 0.3) is 22.5 Å². The SMILES string of the molecule is Cc1ccc(-c2nc3c(nc2-c2ccc(C)cc2)N(CCCCCCC(=O)[OH2+])CCC3)cc1. The highest BCUT2D eigenvalue weighted by Crippen LogP contribution is 2.35. The van der Waals surface area contributed by atoms with Crippen molar-refractivity contribution in [3.8, 4) is 22.5 Å². The van der Waals surface area contributed by atoms with Crippen molar-refractivity contribution in [2.75, 3.05) is 18.0 Å². The fourth-order valence-corrected chi connectivity index (χ4v) is 4.41. The Morgan fingerprint density at radius 3 is 2.03 bits per heavy atom. The van der Waals surface area contributed by atoms with Crippen molar-refractivity contribution in [3.63, 3.8) is 0 Å². The molecule has 5 heteroatoms. The van der Waals surface area contributed by atoms with Gasteiger partial charge in [0.15, 0.2) is 5.82 Å². The van der Waals surface area contributed by atoms with Gasteiger partial charge in [0.2, 0.25) is 0 Å². The molecule has 0 spiro atoms. The van der Waals surface area contributed by atoms with Crippen LogP contribution < -0.4 is 4.90 Å². The lowest BCUT2D eigenvalue weighted by molar-refractivity contribution is -0.137. The van der Waals surface area contributed by atoms with E-state index in [2.05, 4.69) is 67.3 Å². The molecule has 0 saturated heterocycles. The van der Waals surface area contributed by atoms with E-state index in [1.807, 2.05) is 0 Å². The molecule has 3 aromatic rings. The minimum absolute atomic E-state index is 0.375. The monoisotopic (exact) mass is 444 g/mol. The van der Waals surface area contributed by atoms with Gasteiger partial charge in [0.25, 0.3) is 0 Å². The first-order valence-corrected chi connectivity index (χ1v) is 12.1. The fraction of sp³-hybridized carbons (Fsp3) is 0.393. The molecule has 1 aliphatic rings. The van der Waals surface area contributed by atoms with Gasteiger partial charge in [-0.15, -0.1) is 0 Å². The second kappa shape index (κ2) is 10.6. The van der Waals surface area contributed by atoms with Gasteiger partial charge in [-0.3, -0.25) is 0 Å². The Morgan fingerprint density at radius 2 is 1.42 bits per heavy atom. The highest BCUT2D eigenvalue weighted by molar-refractivity contribution is 5.79. The number of carbonyl (C=O) groups excluding carboxylic acids is 1. The summed E-state index contributed by atoms with van der Waals surface area (Å²) in [4.78, 5) is 23.6. The van der Waals surface area contributed by atoms with Crippen molar-refractivity contribution >= 4 is 11.8 Å². The van der Waals surface area contributed by atoms with Crippen LogP contribution in [-0.4, -0.2) is 34.1 Å². The molecule has 5 nitrogen and oxygen atoms in total. The van der Waals surface area contributed by atoms with Crippen LogP contribution in [0.3, 0.4) is 0 Å². The van der Waals surface area contributed by atoms with Crippen molar-refractivity contribution in [1.82, 2.24) is 9.97 Å². The molecule has 33 heavy (non-hydrogen) atoms. The molecule has 0 amide bonds. The molecule has 0 aliphatic carbocycles. The maximum absolute atomic E-state index is 10.8. The molecule has 2 aromatic carbocycles. The Kier molecular flexibility index (Phi) is 7.38. The molecular formula is C28H34N3O2+. The fourth-order valence-electron chi connectivity index (χ4n) is 4.41. The van der Waals surface area contributed by atoms with Crippen LogP contribution in [0.1, 0.15) is 55.3 Å². The van der Waals surface area contributed by atoms with Gasteiger partial charge in [-0.25, -0.2) is 9.97 Å². The van der Waals surface area contributed by atoms with E-state index in [9.17, 15) is 4.79 Å². The molecule has 0 fully saturated rings. The summed E-state index contributed by atoms with van der Waals surface area (Å²) in [6.45, 7) is 6.16. The van der Waals surface area contributed by atoms with Crippen LogP contribution in [0.15, 0.2) is 48.5 Å². The molecule has 0 bridgehead atoms. The summed E-state index contributed by atoms with van der Waals surface area (Å²) in [5.41, 5.74) is 7.66. The van der Waals surface area contributed by atoms with E-state index in [4.69, 9.17) is 15.1 Å². The van der Waals surface area contributed by atoms with Gasteiger partial charge in [0.05, 0.1) is 17.1 Å². The minimum Gasteiger partial charge on any atom is -0.565 e. The van der Waals surface area contributed by atoms with Crippen LogP contribution in [0, 0.1) is 13.8 Å². The molecule has 0 saturated carbocycles. The number of nitrogens with zero attached hydrogens (tertiary/aromatic N) is 3. The number of hydrogen-bond donors (Lipinski definition) is 0. The van der Waals surface area contributed by atoms with Gasteiger partial charge in [-0.05, 0) is 39.5 Å². The average molecular weight is 445 g/mol. The van der Waals surface area contributed by atoms with Crippen molar-refractivity contribution in [2.45, 2.75) is 58.8 Å². The molecule has 1 aliphatic heterocycles. The maximum atomic E-state index is 10.8. The number of unbranched alkanes of at least 4 members (excludes halogenated alkanes) is 3. The van der Waals surface area contributed by atoms with Gasteiger partial charge in [0, 0.05) is 29.0 Å². The average Bonchev–Trinajstić information content (AvgIpc) is 2.81. The van der Waals surface area contributed by atoms with E-state index in [0.29, 0.717) is 6.42 Å². The van der Waals surface area contributed by atoms with Gasteiger partial charge in [-0.2, -0.15) is 0 Å². The van der Waals surface area contributed by atoms with Crippen molar-refractivity contribution in [3.05, 3.63) is 65.4 Å². The van der Waals surface area contributed by atoms with E-state index in [0.717, 1.165) is 85.6 Å². The lowest BCUT2D eigenvalue weighted by Crippen LogP contribution is -2.32. The summed E-state index contributed by atoms with van der Waals surface area (Å²) in [6.07, 6.45) is 6.36. The van der Waals surface area contributed by atoms with Crippen molar-refractivity contribution < 1.29 is 9.90 Å². The molecule has 2 N–H and O–H groups in total. The van der Waals surface area contributed by atoms with Gasteiger partial charge >= 0.3 is 5.97 Å². The number of aromatic nitrogens is 2. The first kappa shape index (κ1) is 23.0. The predicted molar refractivity (Wildman–Crippen MR) is 135 cm³/mol. The van der Waals surface area contributed by atoms with Crippen LogP contribution in [-0.2, 0) is 11.2 Å². The highest BCUT2D eigenvalue weighted by atomic mass is 16.4. The Morgan fingerprint density at radius 1 is 0.848 bits per heavy atom. The number of benzene rings is 2. The zero-order chi connectivity index (χ0) is 23.2. The second-order valence-corrected chi connectivity index (χ2v) is 9.10. The normalized spacial score (nSPS) is 13.1. The van der Waals surface area contributed by atoms with E-state index in [1.165, 1.54) is 11.1 Å². The third-order valence-corrected chi connectivity index (χ3v) is 6.32. The Labute approximate surface area is 196 Å². The number of fused-ring (bicyclic) bond motifs is 1. The van der Waals surface area contributed by atoms with Crippen LogP contribution in [0.2, 0.25) is 0 Å². The lowest BCUT2D eigenvalue weighted by atomic mass is 10.0. The standard InChI is InChI=1S/C28H33N3O2/c1-20-10-14-22(15-11-20)26-27(23-16-12-21(2)13-17-23)30-28-24(29-26)8-7-19-31(28)18-6-4-3-5-9-25(32)33/h10-17H,3-9,18-19H2,1-2H3,(H,32,33)/p+1. The van der Waals surface area contributed by atoms with E-state index < -0.39 is 5.97 Å². The molecule has 4 rings (SSSR count). The van der Waals surface area contributed by atoms with E-state index in [-0.39, 0.29) is 0 Å². The largest absolute Gasteiger partial charge is 0.565 e. The molecule has 0 radical (unpaired) electrons. The Bertz CT molecular complexity index is 1090. The minimum atomic E-state index is -0.455. The molecule has 0 atom stereocenters. The topological polar surface area (TPSA) is 69.0 Å². The third-order valence-electron chi connectivity index (χ3n) is 6.32. The zero-order valence-corrected chi connectivity index (χ0v) is 19.7. The molecular weight excluding hydrogens is 410 g/mol. The Balaban J connectivity index is 1.62. The molecule has 0 unspecified atom stereocenters. The summed E-state index contributed by atoms with van der Waals surface area (Å²) < 4.78 is 0. The predicted octanol–water partition coefficient (Wildman–Crippen LogP) is 5.38. The number of rotatable bonds is 9. The van der Waals surface area contributed by atoms with Gasteiger partial charge < -0.3 is 10.0 Å². The van der Waals surface area contributed by atoms with Crippen LogP contribution in [0.4, 0.5) is 5.82 Å². The smallest absolute Gasteiger partial charge is 0.515 e. The third kappa shape index (κ3) is 5.78. The number of hydrogen-bond acceptors (Lipinski definition) is 4. The zero-order valence-electron chi connectivity index (χ0n) is 19.7. The second-order valence-electron chi connectivity index (χ2n) is 9.10. The molecule has 2 heterocycles. The number of aryl methyl sites for hydroxylation is 3. The maximum Gasteiger partial charge on any atom is 0.515 e.